The number of hydrogen-bond acceptors (Lipinski definition) is 5. The molecule has 1 aliphatic rings. The summed E-state index contributed by atoms with van der Waals surface area (Å²) in [7, 11) is -3.59. The highest BCUT2D eigenvalue weighted by Gasteiger charge is 2.56. The molecular formula is C23H24ClF3N2O4S. The highest BCUT2D eigenvalue weighted by atomic mass is 35.5. The molecule has 184 valence electrons. The molecule has 1 unspecified atom stereocenters. The van der Waals surface area contributed by atoms with Crippen LogP contribution in [0.5, 0.6) is 5.75 Å². The summed E-state index contributed by atoms with van der Waals surface area (Å²) in [5, 5.41) is 11.6. The van der Waals surface area contributed by atoms with Crippen LogP contribution in [-0.2, 0) is 28.1 Å². The number of pyridine rings is 1. The van der Waals surface area contributed by atoms with Crippen molar-refractivity contribution in [3.63, 3.8) is 0 Å². The Kier molecular flexibility index (Phi) is 5.94. The first kappa shape index (κ1) is 24.8. The molecule has 34 heavy (non-hydrogen) atoms. The van der Waals surface area contributed by atoms with Crippen molar-refractivity contribution in [2.45, 2.75) is 55.3 Å². The Hall–Kier alpha value is -2.30. The fourth-order valence-electron chi connectivity index (χ4n) is 4.54. The molecule has 11 heteroatoms. The predicted molar refractivity (Wildman–Crippen MR) is 122 cm³/mol. The van der Waals surface area contributed by atoms with E-state index in [1.165, 1.54) is 18.3 Å². The zero-order valence-electron chi connectivity index (χ0n) is 18.8. The van der Waals surface area contributed by atoms with Gasteiger partial charge in [-0.25, -0.2) is 13.4 Å². The van der Waals surface area contributed by atoms with E-state index in [-0.39, 0.29) is 10.7 Å². The van der Waals surface area contributed by atoms with Crippen LogP contribution < -0.4 is 4.74 Å². The molecule has 6 nitrogen and oxygen atoms in total. The highest BCUT2D eigenvalue weighted by Crippen LogP contribution is 2.47. The summed E-state index contributed by atoms with van der Waals surface area (Å²) >= 11 is 6.22. The maximum atomic E-state index is 14.3. The molecule has 2 N–H and O–H groups in total. The summed E-state index contributed by atoms with van der Waals surface area (Å²) in [5.41, 5.74) is -2.47. The average molecular weight is 517 g/mol. The van der Waals surface area contributed by atoms with E-state index >= 15 is 0 Å². The Balaban J connectivity index is 1.71. The smallest absolute Gasteiger partial charge is 0.417 e. The molecule has 0 fully saturated rings. The lowest BCUT2D eigenvalue weighted by Crippen LogP contribution is -2.51. The zero-order chi connectivity index (χ0) is 25.1. The van der Waals surface area contributed by atoms with Crippen LogP contribution in [0.3, 0.4) is 0 Å². The van der Waals surface area contributed by atoms with E-state index in [1.807, 2.05) is 0 Å². The molecule has 0 spiro atoms. The Bertz CT molecular complexity index is 1370. The molecule has 1 aromatic carbocycles. The van der Waals surface area contributed by atoms with Crippen LogP contribution in [0.15, 0.2) is 35.5 Å². The molecular weight excluding hydrogens is 493 g/mol. The van der Waals surface area contributed by atoms with Gasteiger partial charge in [0.05, 0.1) is 12.1 Å². The third kappa shape index (κ3) is 4.63. The molecule has 3 aromatic rings. The normalized spacial score (nSPS) is 16.4. The molecule has 2 aromatic heterocycles. The van der Waals surface area contributed by atoms with Gasteiger partial charge >= 0.3 is 6.18 Å². The molecule has 3 heterocycles. The number of rotatable bonds is 6. The number of alkyl halides is 3. The fourth-order valence-corrected chi connectivity index (χ4v) is 5.36. The number of sulfone groups is 1. The summed E-state index contributed by atoms with van der Waals surface area (Å²) in [6.07, 6.45) is -3.48. The van der Waals surface area contributed by atoms with Gasteiger partial charge in [-0.15, -0.1) is 0 Å². The number of aromatic nitrogens is 2. The van der Waals surface area contributed by atoms with Gasteiger partial charge in [-0.05, 0) is 41.7 Å². The number of aromatic amines is 1. The van der Waals surface area contributed by atoms with Crippen LogP contribution in [0.4, 0.5) is 13.2 Å². The number of benzene rings is 1. The minimum atomic E-state index is -4.94. The summed E-state index contributed by atoms with van der Waals surface area (Å²) in [6, 6.07) is 6.02. The average Bonchev–Trinajstić information content (AvgIpc) is 3.30. The monoisotopic (exact) mass is 516 g/mol. The molecule has 4 rings (SSSR count). The first-order valence-electron chi connectivity index (χ1n) is 10.5. The third-order valence-corrected chi connectivity index (χ3v) is 7.34. The van der Waals surface area contributed by atoms with E-state index in [4.69, 9.17) is 16.3 Å². The van der Waals surface area contributed by atoms with Crippen molar-refractivity contribution < 1.29 is 31.4 Å². The minimum absolute atomic E-state index is 0.102. The summed E-state index contributed by atoms with van der Waals surface area (Å²) in [4.78, 5) is 6.66. The maximum Gasteiger partial charge on any atom is 0.417 e. The highest BCUT2D eigenvalue weighted by molar-refractivity contribution is 7.90. The van der Waals surface area contributed by atoms with Gasteiger partial charge in [-0.1, -0.05) is 25.4 Å². The van der Waals surface area contributed by atoms with Crippen LogP contribution in [-0.4, -0.2) is 48.1 Å². The van der Waals surface area contributed by atoms with Crippen LogP contribution in [0.2, 0.25) is 5.02 Å². The van der Waals surface area contributed by atoms with Gasteiger partial charge in [0.2, 0.25) is 0 Å². The first-order valence-corrected chi connectivity index (χ1v) is 12.8. The van der Waals surface area contributed by atoms with E-state index in [1.54, 1.807) is 26.0 Å². The number of H-pyrrole nitrogens is 1. The standard InChI is InChI=1S/C23H24ClF3N2O4S/c1-21(2,17-8-15(24)6-13-4-5-33-20(13)17)12-22(30,23(25,26)27)10-16-7-14-11-28-19(34(3,31)32)9-18(14)29-16/h6-9,11,29-30H,4-5,10,12H2,1-3H3. The van der Waals surface area contributed by atoms with Crippen molar-refractivity contribution in [1.82, 2.24) is 9.97 Å². The minimum Gasteiger partial charge on any atom is -0.493 e. The summed E-state index contributed by atoms with van der Waals surface area (Å²) in [5.74, 6) is 0.518. The van der Waals surface area contributed by atoms with Crippen LogP contribution >= 0.6 is 11.6 Å². The molecule has 0 radical (unpaired) electrons. The summed E-state index contributed by atoms with van der Waals surface area (Å²) in [6.45, 7) is 3.65. The third-order valence-electron chi connectivity index (χ3n) is 6.14. The van der Waals surface area contributed by atoms with Crippen molar-refractivity contribution in [2.75, 3.05) is 12.9 Å². The van der Waals surface area contributed by atoms with Gasteiger partial charge < -0.3 is 14.8 Å². The van der Waals surface area contributed by atoms with Crippen molar-refractivity contribution in [1.29, 1.82) is 0 Å². The maximum absolute atomic E-state index is 14.3. The van der Waals surface area contributed by atoms with Gasteiger partial charge in [0.15, 0.2) is 20.5 Å². The Labute approximate surface area is 200 Å². The van der Waals surface area contributed by atoms with Crippen molar-refractivity contribution in [3.05, 3.63) is 52.3 Å². The quantitative estimate of drug-likeness (QED) is 0.493. The molecule has 0 aliphatic carbocycles. The Morgan fingerprint density at radius 2 is 1.91 bits per heavy atom. The molecule has 0 saturated heterocycles. The number of nitrogens with zero attached hydrogens (tertiary/aromatic N) is 1. The van der Waals surface area contributed by atoms with Crippen molar-refractivity contribution >= 4 is 32.3 Å². The van der Waals surface area contributed by atoms with Gasteiger partial charge in [-0.2, -0.15) is 13.2 Å². The van der Waals surface area contributed by atoms with Gasteiger partial charge in [0.1, 0.15) is 5.75 Å². The second kappa shape index (κ2) is 8.13. The van der Waals surface area contributed by atoms with Crippen LogP contribution in [0, 0.1) is 0 Å². The van der Waals surface area contributed by atoms with E-state index in [9.17, 15) is 26.7 Å². The number of nitrogens with one attached hydrogen (secondary N) is 1. The van der Waals surface area contributed by atoms with Gasteiger partial charge in [0, 0.05) is 47.0 Å². The lowest BCUT2D eigenvalue weighted by Gasteiger charge is -2.38. The van der Waals surface area contributed by atoms with Gasteiger partial charge in [0.25, 0.3) is 0 Å². The van der Waals surface area contributed by atoms with E-state index in [0.29, 0.717) is 40.3 Å². The fraction of sp³-hybridized carbons (Fsp3) is 0.435. The molecule has 1 aliphatic heterocycles. The number of fused-ring (bicyclic) bond motifs is 2. The number of aliphatic hydroxyl groups is 1. The number of halogens is 4. The second-order valence-corrected chi connectivity index (χ2v) is 11.9. The second-order valence-electron chi connectivity index (χ2n) is 9.48. The lowest BCUT2D eigenvalue weighted by atomic mass is 9.73. The van der Waals surface area contributed by atoms with Crippen molar-refractivity contribution in [3.8, 4) is 5.75 Å². The predicted octanol–water partition coefficient (Wildman–Crippen LogP) is 4.76. The topological polar surface area (TPSA) is 92.3 Å². The summed E-state index contributed by atoms with van der Waals surface area (Å²) < 4.78 is 72.0. The zero-order valence-corrected chi connectivity index (χ0v) is 20.3. The van der Waals surface area contributed by atoms with Crippen LogP contribution in [0.25, 0.3) is 10.9 Å². The number of hydrogen-bond donors (Lipinski definition) is 2. The SMILES string of the molecule is CC(C)(CC(O)(Cc1cc2cnc(S(C)(=O)=O)cc2[nH]1)C(F)(F)F)c1cc(Cl)cc2c1OCC2. The van der Waals surface area contributed by atoms with E-state index in [2.05, 4.69) is 9.97 Å². The lowest BCUT2D eigenvalue weighted by molar-refractivity contribution is -0.266. The van der Waals surface area contributed by atoms with Gasteiger partial charge in [-0.3, -0.25) is 0 Å². The first-order chi connectivity index (χ1) is 15.6. The molecule has 1 atom stereocenters. The molecule has 0 bridgehead atoms. The molecule has 0 saturated carbocycles. The molecule has 0 amide bonds. The van der Waals surface area contributed by atoms with Crippen LogP contribution in [0.1, 0.15) is 37.1 Å². The van der Waals surface area contributed by atoms with E-state index < -0.39 is 39.9 Å². The Morgan fingerprint density at radius 3 is 2.56 bits per heavy atom. The van der Waals surface area contributed by atoms with E-state index in [0.717, 1.165) is 11.8 Å². The van der Waals surface area contributed by atoms with Crippen molar-refractivity contribution in [2.24, 2.45) is 0 Å². The number of ether oxygens (including phenoxy) is 1. The largest absolute Gasteiger partial charge is 0.493 e. The Morgan fingerprint density at radius 1 is 1.21 bits per heavy atom.